The molecule has 0 fully saturated rings. The summed E-state index contributed by atoms with van der Waals surface area (Å²) in [4.78, 5) is 40.6. The summed E-state index contributed by atoms with van der Waals surface area (Å²) in [7, 11) is 0. The van der Waals surface area contributed by atoms with E-state index in [9.17, 15) is 14.4 Å². The van der Waals surface area contributed by atoms with Crippen molar-refractivity contribution in [3.8, 4) is 16.8 Å². The number of anilines is 2. The predicted molar refractivity (Wildman–Crippen MR) is 125 cm³/mol. The first-order valence-electron chi connectivity index (χ1n) is 10.1. The molecule has 4 rings (SSSR count). The standard InChI is InChI=1S/C25H20N4O4/c30-23(19-7-4-8-20(13-19)29-12-11-26-16-29)15-24(31)27-22-14-18(17-5-2-1-3-6-17)9-10-21(22)28-25(32)33/h1-14,16,28H,15H2,(H,27,31)(H,32,33). The molecular weight excluding hydrogens is 420 g/mol. The van der Waals surface area contributed by atoms with Gasteiger partial charge in [0.1, 0.15) is 0 Å². The minimum absolute atomic E-state index is 0.213. The zero-order chi connectivity index (χ0) is 23.2. The van der Waals surface area contributed by atoms with E-state index in [1.54, 1.807) is 59.7 Å². The molecule has 0 aliphatic carbocycles. The Balaban J connectivity index is 1.53. The van der Waals surface area contributed by atoms with Crippen molar-refractivity contribution in [3.05, 3.63) is 97.1 Å². The van der Waals surface area contributed by atoms with Crippen molar-refractivity contribution in [3.63, 3.8) is 0 Å². The van der Waals surface area contributed by atoms with Gasteiger partial charge in [-0.25, -0.2) is 9.78 Å². The highest BCUT2D eigenvalue weighted by Crippen LogP contribution is 2.29. The lowest BCUT2D eigenvalue weighted by atomic mass is 10.0. The van der Waals surface area contributed by atoms with Crippen molar-refractivity contribution in [1.82, 2.24) is 9.55 Å². The molecule has 0 saturated heterocycles. The number of carbonyl (C=O) groups excluding carboxylic acids is 2. The van der Waals surface area contributed by atoms with Crippen LogP contribution in [-0.2, 0) is 4.79 Å². The van der Waals surface area contributed by atoms with Crippen LogP contribution >= 0.6 is 0 Å². The van der Waals surface area contributed by atoms with Gasteiger partial charge in [-0.05, 0) is 35.4 Å². The van der Waals surface area contributed by atoms with Crippen molar-refractivity contribution in [2.24, 2.45) is 0 Å². The molecule has 4 aromatic rings. The maximum absolute atomic E-state index is 12.7. The zero-order valence-corrected chi connectivity index (χ0v) is 17.4. The molecule has 1 heterocycles. The van der Waals surface area contributed by atoms with E-state index in [1.807, 2.05) is 36.4 Å². The average molecular weight is 440 g/mol. The second-order valence-electron chi connectivity index (χ2n) is 7.22. The average Bonchev–Trinajstić information content (AvgIpc) is 3.36. The number of ketones is 1. The van der Waals surface area contributed by atoms with Crippen LogP contribution < -0.4 is 10.6 Å². The minimum atomic E-state index is -1.26. The number of rotatable bonds is 7. The van der Waals surface area contributed by atoms with Gasteiger partial charge in [-0.15, -0.1) is 0 Å². The van der Waals surface area contributed by atoms with Crippen LogP contribution in [-0.4, -0.2) is 32.4 Å². The number of Topliss-reactive ketones (excluding diaryl/α,β-unsaturated/α-hetero) is 1. The largest absolute Gasteiger partial charge is 0.465 e. The van der Waals surface area contributed by atoms with Gasteiger partial charge in [0.2, 0.25) is 5.91 Å². The van der Waals surface area contributed by atoms with E-state index in [2.05, 4.69) is 15.6 Å². The molecule has 3 aromatic carbocycles. The molecule has 0 bridgehead atoms. The third-order valence-electron chi connectivity index (χ3n) is 4.93. The molecule has 0 radical (unpaired) electrons. The lowest BCUT2D eigenvalue weighted by Crippen LogP contribution is -2.18. The molecule has 0 atom stereocenters. The summed E-state index contributed by atoms with van der Waals surface area (Å²) < 4.78 is 1.76. The first-order chi connectivity index (χ1) is 16.0. The van der Waals surface area contributed by atoms with Crippen LogP contribution in [0.25, 0.3) is 16.8 Å². The fourth-order valence-electron chi connectivity index (χ4n) is 3.38. The maximum atomic E-state index is 12.7. The van der Waals surface area contributed by atoms with Crippen molar-refractivity contribution in [2.75, 3.05) is 10.6 Å². The van der Waals surface area contributed by atoms with Crippen LogP contribution in [0.4, 0.5) is 16.2 Å². The summed E-state index contributed by atoms with van der Waals surface area (Å²) in [5.41, 5.74) is 3.32. The first-order valence-corrected chi connectivity index (χ1v) is 10.1. The van der Waals surface area contributed by atoms with Crippen LogP contribution in [0.15, 0.2) is 91.5 Å². The Kier molecular flexibility index (Phi) is 6.26. The topological polar surface area (TPSA) is 113 Å². The number of benzene rings is 3. The lowest BCUT2D eigenvalue weighted by Gasteiger charge is -2.13. The van der Waals surface area contributed by atoms with Gasteiger partial charge in [0, 0.05) is 23.6 Å². The summed E-state index contributed by atoms with van der Waals surface area (Å²) in [6, 6.07) is 21.4. The first kappa shape index (κ1) is 21.5. The number of amides is 2. The van der Waals surface area contributed by atoms with E-state index in [4.69, 9.17) is 5.11 Å². The van der Waals surface area contributed by atoms with Crippen LogP contribution in [0.1, 0.15) is 16.8 Å². The smallest absolute Gasteiger partial charge is 0.409 e. The highest BCUT2D eigenvalue weighted by Gasteiger charge is 2.16. The molecule has 164 valence electrons. The van der Waals surface area contributed by atoms with Crippen molar-refractivity contribution >= 4 is 29.2 Å². The predicted octanol–water partition coefficient (Wildman–Crippen LogP) is 4.84. The summed E-state index contributed by atoms with van der Waals surface area (Å²) >= 11 is 0. The highest BCUT2D eigenvalue weighted by molar-refractivity contribution is 6.12. The summed E-state index contributed by atoms with van der Waals surface area (Å²) in [6.45, 7) is 0. The van der Waals surface area contributed by atoms with Crippen LogP contribution in [0, 0.1) is 0 Å². The zero-order valence-electron chi connectivity index (χ0n) is 17.4. The Morgan fingerprint density at radius 2 is 1.67 bits per heavy atom. The molecule has 0 aliphatic heterocycles. The van der Waals surface area contributed by atoms with E-state index in [1.165, 1.54) is 0 Å². The van der Waals surface area contributed by atoms with Crippen molar-refractivity contribution in [1.29, 1.82) is 0 Å². The van der Waals surface area contributed by atoms with Crippen molar-refractivity contribution in [2.45, 2.75) is 6.42 Å². The molecule has 0 unspecified atom stereocenters. The summed E-state index contributed by atoms with van der Waals surface area (Å²) in [5, 5.41) is 14.1. The fourth-order valence-corrected chi connectivity index (χ4v) is 3.38. The van der Waals surface area contributed by atoms with Gasteiger partial charge in [0.25, 0.3) is 0 Å². The van der Waals surface area contributed by atoms with Crippen LogP contribution in [0.3, 0.4) is 0 Å². The number of hydrogen-bond donors (Lipinski definition) is 3. The second kappa shape index (κ2) is 9.61. The highest BCUT2D eigenvalue weighted by atomic mass is 16.4. The third-order valence-corrected chi connectivity index (χ3v) is 4.93. The third kappa shape index (κ3) is 5.31. The number of aromatic nitrogens is 2. The molecule has 33 heavy (non-hydrogen) atoms. The van der Waals surface area contributed by atoms with Gasteiger partial charge in [0.15, 0.2) is 5.78 Å². The Bertz CT molecular complexity index is 1300. The van der Waals surface area contributed by atoms with Crippen LogP contribution in [0.5, 0.6) is 0 Å². The second-order valence-corrected chi connectivity index (χ2v) is 7.22. The van der Waals surface area contributed by atoms with Gasteiger partial charge in [-0.1, -0.05) is 48.5 Å². The number of nitrogens with zero attached hydrogens (tertiary/aromatic N) is 2. The van der Waals surface area contributed by atoms with Gasteiger partial charge in [0.05, 0.1) is 24.1 Å². The van der Waals surface area contributed by atoms with Crippen molar-refractivity contribution < 1.29 is 19.5 Å². The number of carbonyl (C=O) groups is 3. The van der Waals surface area contributed by atoms with E-state index in [0.29, 0.717) is 5.56 Å². The minimum Gasteiger partial charge on any atom is -0.465 e. The Morgan fingerprint density at radius 3 is 2.39 bits per heavy atom. The van der Waals surface area contributed by atoms with E-state index < -0.39 is 18.4 Å². The molecule has 0 spiro atoms. The van der Waals surface area contributed by atoms with E-state index >= 15 is 0 Å². The van der Waals surface area contributed by atoms with E-state index in [0.717, 1.165) is 16.8 Å². The monoisotopic (exact) mass is 440 g/mol. The molecule has 3 N–H and O–H groups in total. The Morgan fingerprint density at radius 1 is 0.848 bits per heavy atom. The SMILES string of the molecule is O=C(O)Nc1ccc(-c2ccccc2)cc1NC(=O)CC(=O)c1cccc(-n2ccnc2)c1. The van der Waals surface area contributed by atoms with Gasteiger partial charge < -0.3 is 15.0 Å². The maximum Gasteiger partial charge on any atom is 0.409 e. The quantitative estimate of drug-likeness (QED) is 0.281. The molecule has 8 nitrogen and oxygen atoms in total. The fraction of sp³-hybridized carbons (Fsp3) is 0.0400. The number of hydrogen-bond acceptors (Lipinski definition) is 4. The summed E-state index contributed by atoms with van der Waals surface area (Å²) in [6.07, 6.45) is 3.36. The lowest BCUT2D eigenvalue weighted by molar-refractivity contribution is -0.115. The summed E-state index contributed by atoms with van der Waals surface area (Å²) in [5.74, 6) is -0.909. The number of imidazole rings is 1. The Labute approximate surface area is 189 Å². The molecule has 1 aromatic heterocycles. The van der Waals surface area contributed by atoms with E-state index in [-0.39, 0.29) is 17.2 Å². The Hall–Kier alpha value is -4.72. The van der Waals surface area contributed by atoms with Crippen LogP contribution in [0.2, 0.25) is 0 Å². The molecule has 0 aliphatic rings. The normalized spacial score (nSPS) is 10.4. The molecule has 8 heteroatoms. The molecule has 0 saturated carbocycles. The number of nitrogens with one attached hydrogen (secondary N) is 2. The molecule has 2 amide bonds. The van der Waals surface area contributed by atoms with Gasteiger partial charge in [-0.2, -0.15) is 0 Å². The van der Waals surface area contributed by atoms with Gasteiger partial charge >= 0.3 is 6.09 Å². The molecular formula is C25H20N4O4. The number of carboxylic acid groups (broad SMARTS) is 1. The van der Waals surface area contributed by atoms with Gasteiger partial charge in [-0.3, -0.25) is 14.9 Å².